The Morgan fingerprint density at radius 2 is 1.89 bits per heavy atom. The molecule has 0 aromatic heterocycles. The SMILES string of the molecule is Cc1cc2c(cc1Oc1ccccc1)CCNC2. The Morgan fingerprint density at radius 3 is 2.72 bits per heavy atom. The van der Waals surface area contributed by atoms with E-state index in [0.29, 0.717) is 0 Å². The van der Waals surface area contributed by atoms with Gasteiger partial charge in [0.15, 0.2) is 0 Å². The van der Waals surface area contributed by atoms with Gasteiger partial charge in [0.25, 0.3) is 0 Å². The van der Waals surface area contributed by atoms with Gasteiger partial charge in [-0.2, -0.15) is 0 Å². The monoisotopic (exact) mass is 239 g/mol. The number of rotatable bonds is 2. The molecule has 0 aliphatic carbocycles. The second kappa shape index (κ2) is 4.83. The lowest BCUT2D eigenvalue weighted by Gasteiger charge is -2.19. The van der Waals surface area contributed by atoms with Crippen LogP contribution in [0.2, 0.25) is 0 Å². The smallest absolute Gasteiger partial charge is 0.130 e. The summed E-state index contributed by atoms with van der Waals surface area (Å²) >= 11 is 0. The molecule has 1 aliphatic rings. The van der Waals surface area contributed by atoms with Gasteiger partial charge in [-0.15, -0.1) is 0 Å². The van der Waals surface area contributed by atoms with Gasteiger partial charge in [0.1, 0.15) is 11.5 Å². The first kappa shape index (κ1) is 11.3. The normalized spacial score (nSPS) is 14.1. The van der Waals surface area contributed by atoms with Gasteiger partial charge in [0.2, 0.25) is 0 Å². The molecule has 2 aromatic carbocycles. The fourth-order valence-corrected chi connectivity index (χ4v) is 2.36. The molecule has 0 unspecified atom stereocenters. The standard InChI is InChI=1S/C16H17NO/c1-12-9-14-11-17-8-7-13(14)10-16(12)18-15-5-3-2-4-6-15/h2-6,9-10,17H,7-8,11H2,1H3. The third kappa shape index (κ3) is 2.24. The molecule has 2 aromatic rings. The van der Waals surface area contributed by atoms with Gasteiger partial charge in [-0.05, 0) is 54.8 Å². The van der Waals surface area contributed by atoms with E-state index in [2.05, 4.69) is 24.4 Å². The Labute approximate surface area is 108 Å². The molecule has 0 spiro atoms. The summed E-state index contributed by atoms with van der Waals surface area (Å²) in [6.45, 7) is 4.13. The molecule has 3 rings (SSSR count). The van der Waals surface area contributed by atoms with Gasteiger partial charge < -0.3 is 10.1 Å². The quantitative estimate of drug-likeness (QED) is 0.867. The van der Waals surface area contributed by atoms with Crippen molar-refractivity contribution in [2.24, 2.45) is 0 Å². The van der Waals surface area contributed by atoms with Crippen molar-refractivity contribution in [1.82, 2.24) is 5.32 Å². The molecule has 1 N–H and O–H groups in total. The third-order valence-corrected chi connectivity index (χ3v) is 3.35. The van der Waals surface area contributed by atoms with E-state index in [4.69, 9.17) is 4.74 Å². The molecule has 2 nitrogen and oxygen atoms in total. The Morgan fingerprint density at radius 1 is 1.06 bits per heavy atom. The Hall–Kier alpha value is -1.80. The van der Waals surface area contributed by atoms with E-state index < -0.39 is 0 Å². The minimum atomic E-state index is 0.898. The summed E-state index contributed by atoms with van der Waals surface area (Å²) in [6.07, 6.45) is 1.08. The molecule has 0 atom stereocenters. The minimum Gasteiger partial charge on any atom is -0.457 e. The molecule has 1 heterocycles. The second-order valence-corrected chi connectivity index (χ2v) is 4.73. The largest absolute Gasteiger partial charge is 0.457 e. The zero-order valence-electron chi connectivity index (χ0n) is 10.6. The maximum atomic E-state index is 5.95. The summed E-state index contributed by atoms with van der Waals surface area (Å²) in [5, 5.41) is 3.40. The number of hydrogen-bond acceptors (Lipinski definition) is 2. The molecule has 2 heteroatoms. The summed E-state index contributed by atoms with van der Waals surface area (Å²) < 4.78 is 5.95. The van der Waals surface area contributed by atoms with Crippen molar-refractivity contribution >= 4 is 0 Å². The minimum absolute atomic E-state index is 0.898. The average Bonchev–Trinajstić information content (AvgIpc) is 2.41. The number of benzene rings is 2. The predicted molar refractivity (Wildman–Crippen MR) is 73.1 cm³/mol. The first-order chi connectivity index (χ1) is 8.83. The van der Waals surface area contributed by atoms with Crippen LogP contribution in [-0.2, 0) is 13.0 Å². The van der Waals surface area contributed by atoms with Gasteiger partial charge in [-0.1, -0.05) is 24.3 Å². The predicted octanol–water partition coefficient (Wildman–Crippen LogP) is 3.43. The maximum absolute atomic E-state index is 5.95. The van der Waals surface area contributed by atoms with E-state index in [9.17, 15) is 0 Å². The highest BCUT2D eigenvalue weighted by atomic mass is 16.5. The van der Waals surface area contributed by atoms with Crippen molar-refractivity contribution in [3.05, 3.63) is 59.2 Å². The van der Waals surface area contributed by atoms with Crippen LogP contribution < -0.4 is 10.1 Å². The van der Waals surface area contributed by atoms with E-state index in [1.165, 1.54) is 16.7 Å². The van der Waals surface area contributed by atoms with Crippen LogP contribution in [0.5, 0.6) is 11.5 Å². The number of para-hydroxylation sites is 1. The molecule has 0 saturated heterocycles. The average molecular weight is 239 g/mol. The highest BCUT2D eigenvalue weighted by Gasteiger charge is 2.12. The van der Waals surface area contributed by atoms with Crippen molar-refractivity contribution in [3.63, 3.8) is 0 Å². The van der Waals surface area contributed by atoms with E-state index in [1.54, 1.807) is 0 Å². The number of aryl methyl sites for hydroxylation is 1. The van der Waals surface area contributed by atoms with Crippen molar-refractivity contribution in [2.45, 2.75) is 19.9 Å². The number of fused-ring (bicyclic) bond motifs is 1. The van der Waals surface area contributed by atoms with Crippen molar-refractivity contribution in [1.29, 1.82) is 0 Å². The van der Waals surface area contributed by atoms with E-state index in [0.717, 1.165) is 31.0 Å². The number of nitrogens with one attached hydrogen (secondary N) is 1. The number of hydrogen-bond donors (Lipinski definition) is 1. The van der Waals surface area contributed by atoms with Crippen molar-refractivity contribution in [3.8, 4) is 11.5 Å². The molecule has 0 fully saturated rings. The molecular formula is C16H17NO. The van der Waals surface area contributed by atoms with Gasteiger partial charge in [-0.3, -0.25) is 0 Å². The summed E-state index contributed by atoms with van der Waals surface area (Å²) in [7, 11) is 0. The highest BCUT2D eigenvalue weighted by Crippen LogP contribution is 2.29. The first-order valence-corrected chi connectivity index (χ1v) is 6.39. The fourth-order valence-electron chi connectivity index (χ4n) is 2.36. The molecular weight excluding hydrogens is 222 g/mol. The summed E-state index contributed by atoms with van der Waals surface area (Å²) in [4.78, 5) is 0. The Kier molecular flexibility index (Phi) is 3.03. The van der Waals surface area contributed by atoms with Crippen LogP contribution >= 0.6 is 0 Å². The molecule has 92 valence electrons. The molecule has 0 saturated carbocycles. The summed E-state index contributed by atoms with van der Waals surface area (Å²) in [5.41, 5.74) is 4.01. The molecule has 0 amide bonds. The maximum Gasteiger partial charge on any atom is 0.130 e. The Balaban J connectivity index is 1.92. The van der Waals surface area contributed by atoms with Crippen LogP contribution in [0.15, 0.2) is 42.5 Å². The van der Waals surface area contributed by atoms with Gasteiger partial charge in [-0.25, -0.2) is 0 Å². The van der Waals surface area contributed by atoms with Crippen molar-refractivity contribution < 1.29 is 4.74 Å². The van der Waals surface area contributed by atoms with Gasteiger partial charge in [0.05, 0.1) is 0 Å². The van der Waals surface area contributed by atoms with Crippen LogP contribution in [0.3, 0.4) is 0 Å². The summed E-state index contributed by atoms with van der Waals surface area (Å²) in [6, 6.07) is 14.4. The topological polar surface area (TPSA) is 21.3 Å². The second-order valence-electron chi connectivity index (χ2n) is 4.73. The van der Waals surface area contributed by atoms with E-state index >= 15 is 0 Å². The zero-order valence-corrected chi connectivity index (χ0v) is 10.6. The lowest BCUT2D eigenvalue weighted by molar-refractivity contribution is 0.476. The fraction of sp³-hybridized carbons (Fsp3) is 0.250. The lowest BCUT2D eigenvalue weighted by Crippen LogP contribution is -2.23. The van der Waals surface area contributed by atoms with Crippen LogP contribution in [0, 0.1) is 6.92 Å². The lowest BCUT2D eigenvalue weighted by atomic mass is 9.98. The van der Waals surface area contributed by atoms with E-state index in [-0.39, 0.29) is 0 Å². The first-order valence-electron chi connectivity index (χ1n) is 6.39. The van der Waals surface area contributed by atoms with Crippen molar-refractivity contribution in [2.75, 3.05) is 6.54 Å². The van der Waals surface area contributed by atoms with Crippen LogP contribution in [0.25, 0.3) is 0 Å². The molecule has 0 bridgehead atoms. The van der Waals surface area contributed by atoms with Crippen LogP contribution in [-0.4, -0.2) is 6.54 Å². The summed E-state index contributed by atoms with van der Waals surface area (Å²) in [5.74, 6) is 1.87. The van der Waals surface area contributed by atoms with Crippen LogP contribution in [0.4, 0.5) is 0 Å². The highest BCUT2D eigenvalue weighted by molar-refractivity contribution is 5.45. The molecule has 1 aliphatic heterocycles. The number of ether oxygens (including phenoxy) is 1. The molecule has 0 radical (unpaired) electrons. The van der Waals surface area contributed by atoms with E-state index in [1.807, 2.05) is 30.3 Å². The zero-order chi connectivity index (χ0) is 12.4. The van der Waals surface area contributed by atoms with Crippen LogP contribution in [0.1, 0.15) is 16.7 Å². The molecule has 18 heavy (non-hydrogen) atoms. The van der Waals surface area contributed by atoms with Gasteiger partial charge in [0, 0.05) is 6.54 Å². The Bertz CT molecular complexity index is 549. The van der Waals surface area contributed by atoms with Gasteiger partial charge >= 0.3 is 0 Å². The third-order valence-electron chi connectivity index (χ3n) is 3.35.